The molecule has 1 N–H and O–H groups in total. The van der Waals surface area contributed by atoms with Gasteiger partial charge in [-0.2, -0.15) is 0 Å². The second-order valence-corrected chi connectivity index (χ2v) is 12.7. The number of para-hydroxylation sites is 1. The first kappa shape index (κ1) is 31.7. The molecule has 0 aromatic heterocycles. The molecule has 3 aromatic rings. The van der Waals surface area contributed by atoms with Gasteiger partial charge >= 0.3 is 11.9 Å². The molecule has 4 rings (SSSR count). The minimum Gasteiger partial charge on any atom is -0.489 e. The Balaban J connectivity index is 1.55. The van der Waals surface area contributed by atoms with Crippen LogP contribution in [0.3, 0.4) is 0 Å². The molecule has 2 atom stereocenters. The molecular formula is C34H40N2O7. The number of aryl methyl sites for hydroxylation is 1. The van der Waals surface area contributed by atoms with E-state index >= 15 is 0 Å². The van der Waals surface area contributed by atoms with Crippen molar-refractivity contribution in [1.29, 1.82) is 0 Å². The lowest BCUT2D eigenvalue weighted by atomic mass is 9.68. The summed E-state index contributed by atoms with van der Waals surface area (Å²) in [5.41, 5.74) is -0.538. The Labute approximate surface area is 252 Å². The highest BCUT2D eigenvalue weighted by molar-refractivity contribution is 5.93. The molecule has 1 aliphatic rings. The van der Waals surface area contributed by atoms with Crippen molar-refractivity contribution in [1.82, 2.24) is 5.32 Å². The number of carbonyl (C=O) groups is 2. The van der Waals surface area contributed by atoms with Crippen molar-refractivity contribution in [2.24, 2.45) is 11.3 Å². The maximum atomic E-state index is 13.7. The first-order valence-electron chi connectivity index (χ1n) is 14.4. The summed E-state index contributed by atoms with van der Waals surface area (Å²) in [6.07, 6.45) is 1.10. The highest BCUT2D eigenvalue weighted by Crippen LogP contribution is 2.46. The number of rotatable bonds is 11. The number of benzene rings is 3. The largest absolute Gasteiger partial charge is 0.489 e. The number of nitrogens with one attached hydrogen (secondary N) is 1. The fourth-order valence-electron chi connectivity index (χ4n) is 5.70. The van der Waals surface area contributed by atoms with Crippen LogP contribution in [-0.2, 0) is 27.3 Å². The molecular weight excluding hydrogens is 548 g/mol. The van der Waals surface area contributed by atoms with Crippen LogP contribution >= 0.6 is 0 Å². The number of carbonyl (C=O) groups excluding carboxylic acids is 2. The summed E-state index contributed by atoms with van der Waals surface area (Å²) in [7, 11) is 0. The normalized spacial score (nSPS) is 19.4. The summed E-state index contributed by atoms with van der Waals surface area (Å²) >= 11 is 0. The Morgan fingerprint density at radius 1 is 0.953 bits per heavy atom. The van der Waals surface area contributed by atoms with Crippen LogP contribution in [0.4, 0.5) is 5.69 Å². The van der Waals surface area contributed by atoms with Crippen LogP contribution in [0.25, 0.3) is 0 Å². The van der Waals surface area contributed by atoms with E-state index in [1.54, 1.807) is 6.07 Å². The van der Waals surface area contributed by atoms with Gasteiger partial charge in [-0.15, -0.1) is 0 Å². The lowest BCUT2D eigenvalue weighted by molar-refractivity contribution is -0.385. The lowest BCUT2D eigenvalue weighted by Crippen LogP contribution is -2.49. The van der Waals surface area contributed by atoms with E-state index in [4.69, 9.17) is 14.2 Å². The number of hydrogen-bond donors (Lipinski definition) is 1. The molecule has 43 heavy (non-hydrogen) atoms. The fraction of sp³-hybridized carbons (Fsp3) is 0.412. The minimum atomic E-state index is -0.826. The van der Waals surface area contributed by atoms with Gasteiger partial charge < -0.3 is 19.5 Å². The average molecular weight is 589 g/mol. The van der Waals surface area contributed by atoms with E-state index in [2.05, 4.69) is 5.32 Å². The van der Waals surface area contributed by atoms with Crippen LogP contribution in [0.15, 0.2) is 78.9 Å². The molecule has 228 valence electrons. The number of hydrogen-bond acceptors (Lipinski definition) is 8. The van der Waals surface area contributed by atoms with Gasteiger partial charge in [-0.25, -0.2) is 4.79 Å². The minimum absolute atomic E-state index is 0.115. The molecule has 9 nitrogen and oxygen atoms in total. The molecule has 0 amide bonds. The fourth-order valence-corrected chi connectivity index (χ4v) is 5.70. The van der Waals surface area contributed by atoms with Gasteiger partial charge in [0.15, 0.2) is 0 Å². The molecule has 0 saturated carbocycles. The quantitative estimate of drug-likeness (QED) is 0.158. The summed E-state index contributed by atoms with van der Waals surface area (Å²) in [5.74, 6) is -1.09. The van der Waals surface area contributed by atoms with Crippen molar-refractivity contribution in [2.75, 3.05) is 13.2 Å². The maximum absolute atomic E-state index is 13.7. The van der Waals surface area contributed by atoms with E-state index in [1.165, 1.54) is 18.2 Å². The van der Waals surface area contributed by atoms with Crippen LogP contribution in [-0.4, -0.2) is 41.2 Å². The summed E-state index contributed by atoms with van der Waals surface area (Å²) in [5, 5.41) is 15.0. The highest BCUT2D eigenvalue weighted by atomic mass is 16.6. The first-order valence-corrected chi connectivity index (χ1v) is 14.4. The monoisotopic (exact) mass is 588 g/mol. The molecule has 2 unspecified atom stereocenters. The molecule has 3 aromatic carbocycles. The second-order valence-electron chi connectivity index (χ2n) is 12.7. The molecule has 0 radical (unpaired) electrons. The van der Waals surface area contributed by atoms with Crippen molar-refractivity contribution >= 4 is 17.6 Å². The summed E-state index contributed by atoms with van der Waals surface area (Å²) < 4.78 is 17.6. The predicted octanol–water partition coefficient (Wildman–Crippen LogP) is 6.29. The Bertz CT molecular complexity index is 1430. The number of nitrogens with zero attached hydrogens (tertiary/aromatic N) is 1. The zero-order chi connectivity index (χ0) is 31.3. The van der Waals surface area contributed by atoms with Gasteiger partial charge in [0.2, 0.25) is 0 Å². The van der Waals surface area contributed by atoms with Crippen LogP contribution < -0.4 is 10.1 Å². The van der Waals surface area contributed by atoms with E-state index in [0.717, 1.165) is 16.9 Å². The van der Waals surface area contributed by atoms with E-state index in [9.17, 15) is 19.7 Å². The van der Waals surface area contributed by atoms with E-state index in [1.807, 2.05) is 89.2 Å². The Hall–Kier alpha value is -4.24. The molecule has 1 heterocycles. The van der Waals surface area contributed by atoms with Crippen molar-refractivity contribution in [2.45, 2.75) is 65.2 Å². The smallest absolute Gasteiger partial charge is 0.345 e. The summed E-state index contributed by atoms with van der Waals surface area (Å²) in [6.45, 7) is 10.1. The number of nitro groups is 1. The van der Waals surface area contributed by atoms with Gasteiger partial charge in [0.05, 0.1) is 17.4 Å². The predicted molar refractivity (Wildman–Crippen MR) is 163 cm³/mol. The number of esters is 2. The van der Waals surface area contributed by atoms with Crippen molar-refractivity contribution < 1.29 is 28.7 Å². The molecule has 0 bridgehead atoms. The van der Waals surface area contributed by atoms with Crippen molar-refractivity contribution in [3.63, 3.8) is 0 Å². The lowest BCUT2D eigenvalue weighted by Gasteiger charge is -2.38. The Morgan fingerprint density at radius 2 is 1.60 bits per heavy atom. The molecule has 1 fully saturated rings. The van der Waals surface area contributed by atoms with Crippen LogP contribution in [0.5, 0.6) is 5.75 Å². The van der Waals surface area contributed by atoms with Crippen LogP contribution in [0.1, 0.15) is 62.5 Å². The third-order valence-electron chi connectivity index (χ3n) is 7.77. The molecule has 1 aliphatic heterocycles. The highest BCUT2D eigenvalue weighted by Gasteiger charge is 2.57. The van der Waals surface area contributed by atoms with E-state index in [0.29, 0.717) is 26.0 Å². The third kappa shape index (κ3) is 7.99. The van der Waals surface area contributed by atoms with Gasteiger partial charge in [-0.05, 0) is 76.8 Å². The average Bonchev–Trinajstić information content (AvgIpc) is 3.24. The molecule has 0 aliphatic carbocycles. The standard InChI is InChI=1S/C34H40N2O7/c1-32(2,3)43-31(38)29-33(4,5)35-22-34(29,23-42-30(37)27-13-9-10-14-28(27)36(39)40)20-19-24-15-17-26(18-16-24)41-21-25-11-7-6-8-12-25/h6-18,29,35H,19-23H2,1-5H3. The van der Waals surface area contributed by atoms with E-state index < -0.39 is 33.4 Å². The summed E-state index contributed by atoms with van der Waals surface area (Å²) in [6, 6.07) is 23.4. The SMILES string of the molecule is CC(C)(C)OC(=O)C1C(CCc2ccc(OCc3ccccc3)cc2)(COC(=O)c2ccccc2[N+](=O)[O-])CNC1(C)C. The molecule has 0 spiro atoms. The van der Waals surface area contributed by atoms with E-state index in [-0.39, 0.29) is 23.8 Å². The topological polar surface area (TPSA) is 117 Å². The van der Waals surface area contributed by atoms with Gasteiger partial charge in [0.25, 0.3) is 5.69 Å². The molecule has 9 heteroatoms. The number of ether oxygens (including phenoxy) is 3. The van der Waals surface area contributed by atoms with Gasteiger partial charge in [-0.3, -0.25) is 14.9 Å². The van der Waals surface area contributed by atoms with Gasteiger partial charge in [0.1, 0.15) is 23.5 Å². The van der Waals surface area contributed by atoms with Crippen molar-refractivity contribution in [3.05, 3.63) is 106 Å². The maximum Gasteiger partial charge on any atom is 0.345 e. The van der Waals surface area contributed by atoms with Gasteiger partial charge in [0, 0.05) is 23.6 Å². The van der Waals surface area contributed by atoms with Crippen molar-refractivity contribution in [3.8, 4) is 5.75 Å². The molecule has 1 saturated heterocycles. The summed E-state index contributed by atoms with van der Waals surface area (Å²) in [4.78, 5) is 37.7. The second kappa shape index (κ2) is 13.0. The van der Waals surface area contributed by atoms with Crippen LogP contribution in [0, 0.1) is 21.4 Å². The first-order chi connectivity index (χ1) is 20.3. The zero-order valence-corrected chi connectivity index (χ0v) is 25.4. The van der Waals surface area contributed by atoms with Gasteiger partial charge in [-0.1, -0.05) is 54.6 Å². The third-order valence-corrected chi connectivity index (χ3v) is 7.77. The zero-order valence-electron chi connectivity index (χ0n) is 25.4. The Morgan fingerprint density at radius 3 is 2.26 bits per heavy atom. The van der Waals surface area contributed by atoms with Crippen LogP contribution in [0.2, 0.25) is 0 Å². The number of nitro benzene ring substituents is 1. The Kier molecular flexibility index (Phi) is 9.55.